The first-order chi connectivity index (χ1) is 10.9. The van der Waals surface area contributed by atoms with Gasteiger partial charge in [0.15, 0.2) is 0 Å². The molecule has 0 saturated heterocycles. The molecule has 0 aromatic heterocycles. The molecule has 5 nitrogen and oxygen atoms in total. The molecule has 3 N–H and O–H groups in total. The molecule has 8 heteroatoms. The molecule has 0 unspecified atom stereocenters. The summed E-state index contributed by atoms with van der Waals surface area (Å²) in [6.45, 7) is -0.674. The number of aliphatic hydroxyl groups excluding tert-OH is 1. The van der Waals surface area contributed by atoms with Gasteiger partial charge in [-0.25, -0.2) is 13.6 Å². The Morgan fingerprint density at radius 2 is 1.96 bits per heavy atom. The number of carbonyl (C=O) groups is 1. The molecule has 0 aliphatic rings. The van der Waals surface area contributed by atoms with E-state index in [2.05, 4.69) is 26.6 Å². The van der Waals surface area contributed by atoms with Crippen LogP contribution in [0.15, 0.2) is 34.8 Å². The Labute approximate surface area is 139 Å². The van der Waals surface area contributed by atoms with Gasteiger partial charge in [-0.15, -0.1) is 0 Å². The van der Waals surface area contributed by atoms with Crippen molar-refractivity contribution in [2.24, 2.45) is 0 Å². The second-order valence-electron chi connectivity index (χ2n) is 4.53. The van der Waals surface area contributed by atoms with E-state index >= 15 is 0 Å². The van der Waals surface area contributed by atoms with Gasteiger partial charge in [0, 0.05) is 27.9 Å². The third kappa shape index (κ3) is 4.40. The average Bonchev–Trinajstić information content (AvgIpc) is 2.45. The topological polar surface area (TPSA) is 70.6 Å². The summed E-state index contributed by atoms with van der Waals surface area (Å²) >= 11 is 3.27. The summed E-state index contributed by atoms with van der Waals surface area (Å²) in [6, 6.07) is 5.74. The minimum atomic E-state index is -0.938. The molecule has 0 spiro atoms. The molecular formula is C15H13BrF2N2O3. The number of hydrogen-bond donors (Lipinski definition) is 3. The Hall–Kier alpha value is -2.19. The van der Waals surface area contributed by atoms with Gasteiger partial charge in [0.25, 0.3) is 0 Å². The second-order valence-corrected chi connectivity index (χ2v) is 5.45. The highest BCUT2D eigenvalue weighted by atomic mass is 79.9. The molecule has 2 aromatic carbocycles. The van der Waals surface area contributed by atoms with Gasteiger partial charge in [0.1, 0.15) is 17.4 Å². The number of anilines is 2. The Morgan fingerprint density at radius 1 is 1.22 bits per heavy atom. The molecule has 0 aliphatic heterocycles. The first-order valence-corrected chi connectivity index (χ1v) is 7.23. The Balaban J connectivity index is 2.19. The summed E-state index contributed by atoms with van der Waals surface area (Å²) in [5, 5.41) is 14.0. The summed E-state index contributed by atoms with van der Waals surface area (Å²) in [5.41, 5.74) is 0.0639. The van der Waals surface area contributed by atoms with E-state index in [-0.39, 0.29) is 11.3 Å². The summed E-state index contributed by atoms with van der Waals surface area (Å²) in [7, 11) is 1.48. The van der Waals surface area contributed by atoms with Crippen molar-refractivity contribution in [3.8, 4) is 5.75 Å². The number of methoxy groups -OCH3 is 1. The smallest absolute Gasteiger partial charge is 0.323 e. The van der Waals surface area contributed by atoms with E-state index in [1.54, 1.807) is 18.2 Å². The predicted molar refractivity (Wildman–Crippen MR) is 85.6 cm³/mol. The van der Waals surface area contributed by atoms with Crippen molar-refractivity contribution in [2.75, 3.05) is 17.7 Å². The minimum Gasteiger partial charge on any atom is -0.497 e. The van der Waals surface area contributed by atoms with E-state index in [1.807, 2.05) is 0 Å². The lowest BCUT2D eigenvalue weighted by Gasteiger charge is -2.12. The van der Waals surface area contributed by atoms with Crippen LogP contribution < -0.4 is 15.4 Å². The molecule has 0 fully saturated rings. The SMILES string of the molecule is COc1cc(Br)cc(NC(=O)Nc2cc(F)cc(F)c2CO)c1. The number of ether oxygens (including phenoxy) is 1. The van der Waals surface area contributed by atoms with E-state index in [0.29, 0.717) is 22.0 Å². The number of amides is 2. The molecule has 0 aliphatic carbocycles. The maximum absolute atomic E-state index is 13.5. The van der Waals surface area contributed by atoms with Gasteiger partial charge in [-0.05, 0) is 18.2 Å². The molecule has 0 heterocycles. The largest absolute Gasteiger partial charge is 0.497 e. The Kier molecular flexibility index (Phi) is 5.51. The number of nitrogens with one attached hydrogen (secondary N) is 2. The highest BCUT2D eigenvalue weighted by Crippen LogP contribution is 2.25. The molecule has 2 rings (SSSR count). The lowest BCUT2D eigenvalue weighted by atomic mass is 10.1. The van der Waals surface area contributed by atoms with Crippen molar-refractivity contribution in [2.45, 2.75) is 6.61 Å². The minimum absolute atomic E-state index is 0.149. The first kappa shape index (κ1) is 17.2. The first-order valence-electron chi connectivity index (χ1n) is 6.44. The maximum atomic E-state index is 13.5. The zero-order valence-corrected chi connectivity index (χ0v) is 13.6. The highest BCUT2D eigenvalue weighted by molar-refractivity contribution is 9.10. The van der Waals surface area contributed by atoms with Gasteiger partial charge in [-0.3, -0.25) is 0 Å². The summed E-state index contributed by atoms with van der Waals surface area (Å²) in [4.78, 5) is 12.0. The fraction of sp³-hybridized carbons (Fsp3) is 0.133. The zero-order chi connectivity index (χ0) is 17.0. The number of benzene rings is 2. The van der Waals surface area contributed by atoms with Crippen LogP contribution in [0.3, 0.4) is 0 Å². The predicted octanol–water partition coefficient (Wildman–Crippen LogP) is 3.87. The normalized spacial score (nSPS) is 10.3. The van der Waals surface area contributed by atoms with E-state index in [9.17, 15) is 13.6 Å². The fourth-order valence-electron chi connectivity index (χ4n) is 1.91. The molecule has 0 atom stereocenters. The van der Waals surface area contributed by atoms with Crippen molar-refractivity contribution in [1.29, 1.82) is 0 Å². The molecule has 122 valence electrons. The molecule has 0 radical (unpaired) electrons. The number of carbonyl (C=O) groups excluding carboxylic acids is 1. The number of halogens is 3. The summed E-state index contributed by atoms with van der Waals surface area (Å²) in [5.74, 6) is -1.28. The highest BCUT2D eigenvalue weighted by Gasteiger charge is 2.13. The number of urea groups is 1. The molecule has 0 bridgehead atoms. The number of rotatable bonds is 4. The molecule has 2 amide bonds. The maximum Gasteiger partial charge on any atom is 0.323 e. The van der Waals surface area contributed by atoms with Gasteiger partial charge >= 0.3 is 6.03 Å². The van der Waals surface area contributed by atoms with Crippen LogP contribution in [-0.2, 0) is 6.61 Å². The molecule has 2 aromatic rings. The van der Waals surface area contributed by atoms with Gasteiger partial charge in [0.05, 0.1) is 19.4 Å². The third-order valence-electron chi connectivity index (χ3n) is 2.93. The summed E-state index contributed by atoms with van der Waals surface area (Å²) in [6.07, 6.45) is 0. The van der Waals surface area contributed by atoms with Crippen molar-refractivity contribution in [1.82, 2.24) is 0 Å². The third-order valence-corrected chi connectivity index (χ3v) is 3.39. The zero-order valence-electron chi connectivity index (χ0n) is 12.0. The van der Waals surface area contributed by atoms with Gasteiger partial charge in [-0.2, -0.15) is 0 Å². The van der Waals surface area contributed by atoms with Crippen molar-refractivity contribution in [3.63, 3.8) is 0 Å². The second kappa shape index (κ2) is 7.38. The van der Waals surface area contributed by atoms with Crippen LogP contribution >= 0.6 is 15.9 Å². The molecule has 23 heavy (non-hydrogen) atoms. The van der Waals surface area contributed by atoms with Crippen LogP contribution in [0.2, 0.25) is 0 Å². The van der Waals surface area contributed by atoms with E-state index in [1.165, 1.54) is 7.11 Å². The monoisotopic (exact) mass is 386 g/mol. The standard InChI is InChI=1S/C15H13BrF2N2O3/c1-23-11-3-8(16)2-10(6-11)19-15(22)20-14-5-9(17)4-13(18)12(14)7-21/h2-6,21H,7H2,1H3,(H2,19,20,22). The molecular weight excluding hydrogens is 374 g/mol. The number of hydrogen-bond acceptors (Lipinski definition) is 3. The van der Waals surface area contributed by atoms with Crippen LogP contribution in [0.1, 0.15) is 5.56 Å². The lowest BCUT2D eigenvalue weighted by molar-refractivity contribution is 0.261. The van der Waals surface area contributed by atoms with Crippen LogP contribution in [0.4, 0.5) is 25.0 Å². The lowest BCUT2D eigenvalue weighted by Crippen LogP contribution is -2.21. The van der Waals surface area contributed by atoms with Crippen molar-refractivity contribution < 1.29 is 23.4 Å². The fourth-order valence-corrected chi connectivity index (χ4v) is 2.39. The van der Waals surface area contributed by atoms with Gasteiger partial charge in [-0.1, -0.05) is 15.9 Å². The van der Waals surface area contributed by atoms with Crippen LogP contribution in [0, 0.1) is 11.6 Å². The van der Waals surface area contributed by atoms with E-state index < -0.39 is 24.3 Å². The average molecular weight is 387 g/mol. The Bertz CT molecular complexity index is 741. The van der Waals surface area contributed by atoms with Crippen LogP contribution in [0.5, 0.6) is 5.75 Å². The van der Waals surface area contributed by atoms with Crippen molar-refractivity contribution >= 4 is 33.3 Å². The Morgan fingerprint density at radius 3 is 2.61 bits per heavy atom. The van der Waals surface area contributed by atoms with Gasteiger partial charge < -0.3 is 20.5 Å². The van der Waals surface area contributed by atoms with Crippen LogP contribution in [0.25, 0.3) is 0 Å². The number of aliphatic hydroxyl groups is 1. The molecule has 0 saturated carbocycles. The van der Waals surface area contributed by atoms with Crippen molar-refractivity contribution in [3.05, 3.63) is 52.0 Å². The van der Waals surface area contributed by atoms with E-state index in [4.69, 9.17) is 9.84 Å². The van der Waals surface area contributed by atoms with Crippen LogP contribution in [-0.4, -0.2) is 18.2 Å². The summed E-state index contributed by atoms with van der Waals surface area (Å²) < 4.78 is 32.6. The van der Waals surface area contributed by atoms with Gasteiger partial charge in [0.2, 0.25) is 0 Å². The quantitative estimate of drug-likeness (QED) is 0.746. The van der Waals surface area contributed by atoms with E-state index in [0.717, 1.165) is 6.07 Å².